The van der Waals surface area contributed by atoms with Crippen LogP contribution in [0.5, 0.6) is 0 Å². The predicted octanol–water partition coefficient (Wildman–Crippen LogP) is 2.57. The summed E-state index contributed by atoms with van der Waals surface area (Å²) in [6.07, 6.45) is 10.2. The molecule has 0 aromatic carbocycles. The standard InChI is InChI=1S/C13H20N2/c1-12(2)15-10-5-3-4-7-13-8-6-9-14-11-13/h3-4,6,8-9,11-12,15H,5,7,10H2,1-2H3/b4-3+. The molecule has 2 heteroatoms. The van der Waals surface area contributed by atoms with Gasteiger partial charge in [0.15, 0.2) is 0 Å². The van der Waals surface area contributed by atoms with Gasteiger partial charge in [-0.1, -0.05) is 32.1 Å². The van der Waals surface area contributed by atoms with Gasteiger partial charge in [-0.05, 0) is 31.0 Å². The predicted molar refractivity (Wildman–Crippen MR) is 64.8 cm³/mol. The third-order valence-electron chi connectivity index (χ3n) is 2.11. The maximum atomic E-state index is 4.08. The van der Waals surface area contributed by atoms with E-state index in [0.29, 0.717) is 6.04 Å². The molecule has 0 fully saturated rings. The summed E-state index contributed by atoms with van der Waals surface area (Å²) in [5, 5.41) is 3.38. The van der Waals surface area contributed by atoms with Gasteiger partial charge in [-0.15, -0.1) is 0 Å². The van der Waals surface area contributed by atoms with Crippen LogP contribution in [0, 0.1) is 0 Å². The molecule has 1 heterocycles. The fourth-order valence-electron chi connectivity index (χ4n) is 1.31. The lowest BCUT2D eigenvalue weighted by atomic mass is 10.2. The second-order valence-corrected chi connectivity index (χ2v) is 3.93. The van der Waals surface area contributed by atoms with E-state index in [1.807, 2.05) is 12.3 Å². The Morgan fingerprint density at radius 3 is 2.93 bits per heavy atom. The van der Waals surface area contributed by atoms with Crippen LogP contribution < -0.4 is 5.32 Å². The third-order valence-corrected chi connectivity index (χ3v) is 2.11. The molecule has 0 unspecified atom stereocenters. The van der Waals surface area contributed by atoms with E-state index in [2.05, 4.69) is 42.4 Å². The highest BCUT2D eigenvalue weighted by Gasteiger charge is 1.89. The van der Waals surface area contributed by atoms with E-state index < -0.39 is 0 Å². The Labute approximate surface area is 92.4 Å². The van der Waals surface area contributed by atoms with Crippen molar-refractivity contribution >= 4 is 0 Å². The van der Waals surface area contributed by atoms with Gasteiger partial charge >= 0.3 is 0 Å². The summed E-state index contributed by atoms with van der Waals surface area (Å²) in [5.74, 6) is 0. The van der Waals surface area contributed by atoms with Crippen molar-refractivity contribution in [1.29, 1.82) is 0 Å². The summed E-state index contributed by atoms with van der Waals surface area (Å²) in [7, 11) is 0. The summed E-state index contributed by atoms with van der Waals surface area (Å²) in [6.45, 7) is 5.39. The quantitative estimate of drug-likeness (QED) is 0.569. The van der Waals surface area contributed by atoms with Gasteiger partial charge in [-0.25, -0.2) is 0 Å². The number of nitrogens with zero attached hydrogens (tertiary/aromatic N) is 1. The van der Waals surface area contributed by atoms with Crippen LogP contribution in [-0.4, -0.2) is 17.6 Å². The zero-order valence-electron chi connectivity index (χ0n) is 9.61. The number of aromatic nitrogens is 1. The van der Waals surface area contributed by atoms with Crippen molar-refractivity contribution in [3.8, 4) is 0 Å². The number of allylic oxidation sites excluding steroid dienone is 1. The third kappa shape index (κ3) is 6.02. The fourth-order valence-corrected chi connectivity index (χ4v) is 1.31. The first-order chi connectivity index (χ1) is 7.29. The largest absolute Gasteiger partial charge is 0.314 e. The molecule has 0 radical (unpaired) electrons. The molecule has 0 amide bonds. The first-order valence-electron chi connectivity index (χ1n) is 5.56. The zero-order valence-corrected chi connectivity index (χ0v) is 9.61. The Balaban J connectivity index is 2.12. The Morgan fingerprint density at radius 1 is 1.40 bits per heavy atom. The molecule has 2 nitrogen and oxygen atoms in total. The van der Waals surface area contributed by atoms with Crippen LogP contribution >= 0.6 is 0 Å². The monoisotopic (exact) mass is 204 g/mol. The van der Waals surface area contributed by atoms with Gasteiger partial charge in [-0.2, -0.15) is 0 Å². The molecule has 1 aromatic rings. The normalized spacial score (nSPS) is 11.4. The van der Waals surface area contributed by atoms with Crippen LogP contribution in [0.25, 0.3) is 0 Å². The van der Waals surface area contributed by atoms with Crippen molar-refractivity contribution in [1.82, 2.24) is 10.3 Å². The van der Waals surface area contributed by atoms with Crippen molar-refractivity contribution in [3.63, 3.8) is 0 Å². The van der Waals surface area contributed by atoms with E-state index in [9.17, 15) is 0 Å². The molecule has 0 saturated heterocycles. The van der Waals surface area contributed by atoms with E-state index in [1.54, 1.807) is 6.20 Å². The number of pyridine rings is 1. The topological polar surface area (TPSA) is 24.9 Å². The Kier molecular flexibility index (Phi) is 5.71. The maximum Gasteiger partial charge on any atom is 0.0303 e. The molecule has 1 rings (SSSR count). The average Bonchev–Trinajstić information content (AvgIpc) is 2.24. The summed E-state index contributed by atoms with van der Waals surface area (Å²) < 4.78 is 0. The molecule has 82 valence electrons. The molecule has 1 N–H and O–H groups in total. The molecular formula is C13H20N2. The minimum Gasteiger partial charge on any atom is -0.314 e. The zero-order chi connectivity index (χ0) is 10.9. The van der Waals surface area contributed by atoms with E-state index in [-0.39, 0.29) is 0 Å². The number of hydrogen-bond donors (Lipinski definition) is 1. The summed E-state index contributed by atoms with van der Waals surface area (Å²) >= 11 is 0. The van der Waals surface area contributed by atoms with Crippen molar-refractivity contribution in [2.45, 2.75) is 32.7 Å². The lowest BCUT2D eigenvalue weighted by Gasteiger charge is -2.04. The van der Waals surface area contributed by atoms with Gasteiger partial charge < -0.3 is 5.32 Å². The van der Waals surface area contributed by atoms with Gasteiger partial charge in [0, 0.05) is 18.4 Å². The van der Waals surface area contributed by atoms with Gasteiger partial charge in [-0.3, -0.25) is 4.98 Å². The van der Waals surface area contributed by atoms with E-state index in [1.165, 1.54) is 5.56 Å². The van der Waals surface area contributed by atoms with Gasteiger partial charge in [0.1, 0.15) is 0 Å². The summed E-state index contributed by atoms with van der Waals surface area (Å²) in [4.78, 5) is 4.08. The minimum atomic E-state index is 0.580. The van der Waals surface area contributed by atoms with Gasteiger partial charge in [0.05, 0.1) is 0 Å². The van der Waals surface area contributed by atoms with Crippen molar-refractivity contribution in [3.05, 3.63) is 42.2 Å². The van der Waals surface area contributed by atoms with Crippen LogP contribution in [0.15, 0.2) is 36.7 Å². The second kappa shape index (κ2) is 7.18. The van der Waals surface area contributed by atoms with E-state index in [4.69, 9.17) is 0 Å². The molecule has 0 atom stereocenters. The number of nitrogens with one attached hydrogen (secondary N) is 1. The molecule has 0 spiro atoms. The molecule has 0 aliphatic rings. The average molecular weight is 204 g/mol. The molecule has 0 aliphatic heterocycles. The molecule has 0 bridgehead atoms. The minimum absolute atomic E-state index is 0.580. The second-order valence-electron chi connectivity index (χ2n) is 3.93. The van der Waals surface area contributed by atoms with Crippen LogP contribution in [0.3, 0.4) is 0 Å². The highest BCUT2D eigenvalue weighted by atomic mass is 14.9. The molecule has 15 heavy (non-hydrogen) atoms. The number of hydrogen-bond acceptors (Lipinski definition) is 2. The van der Waals surface area contributed by atoms with Crippen LogP contribution in [-0.2, 0) is 6.42 Å². The van der Waals surface area contributed by atoms with E-state index >= 15 is 0 Å². The lowest BCUT2D eigenvalue weighted by molar-refractivity contribution is 0.594. The van der Waals surface area contributed by atoms with Crippen LogP contribution in [0.4, 0.5) is 0 Å². The molecule has 0 saturated carbocycles. The first kappa shape index (κ1) is 11.9. The van der Waals surface area contributed by atoms with Crippen LogP contribution in [0.2, 0.25) is 0 Å². The first-order valence-corrected chi connectivity index (χ1v) is 5.56. The highest BCUT2D eigenvalue weighted by Crippen LogP contribution is 1.98. The Hall–Kier alpha value is -1.15. The fraction of sp³-hybridized carbons (Fsp3) is 0.462. The van der Waals surface area contributed by atoms with Crippen molar-refractivity contribution in [2.75, 3.05) is 6.54 Å². The highest BCUT2D eigenvalue weighted by molar-refractivity contribution is 5.12. The Morgan fingerprint density at radius 2 is 2.27 bits per heavy atom. The van der Waals surface area contributed by atoms with Crippen molar-refractivity contribution in [2.24, 2.45) is 0 Å². The summed E-state index contributed by atoms with van der Waals surface area (Å²) in [5.41, 5.74) is 1.27. The smallest absolute Gasteiger partial charge is 0.0303 e. The van der Waals surface area contributed by atoms with Crippen LogP contribution in [0.1, 0.15) is 25.8 Å². The summed E-state index contributed by atoms with van der Waals surface area (Å²) in [6, 6.07) is 4.66. The van der Waals surface area contributed by atoms with E-state index in [0.717, 1.165) is 19.4 Å². The SMILES string of the molecule is CC(C)NCC/C=C/Cc1cccnc1. The molecule has 0 aliphatic carbocycles. The maximum absolute atomic E-state index is 4.08. The van der Waals surface area contributed by atoms with Gasteiger partial charge in [0.25, 0.3) is 0 Å². The lowest BCUT2D eigenvalue weighted by Crippen LogP contribution is -2.23. The number of rotatable bonds is 6. The van der Waals surface area contributed by atoms with Gasteiger partial charge in [0.2, 0.25) is 0 Å². The van der Waals surface area contributed by atoms with Crippen molar-refractivity contribution < 1.29 is 0 Å². The molecule has 1 aromatic heterocycles. The molecular weight excluding hydrogens is 184 g/mol. The Bertz CT molecular complexity index is 278.